The van der Waals surface area contributed by atoms with Gasteiger partial charge >= 0.3 is 0 Å². The zero-order valence-electron chi connectivity index (χ0n) is 9.97. The van der Waals surface area contributed by atoms with Gasteiger partial charge in [0.05, 0.1) is 0 Å². The quantitative estimate of drug-likeness (QED) is 0.713. The standard InChI is InChI=1S/C13H18N2O/c1-9-8-10(2)15-11(9)12(16)14-13(15)6-4-3-5-7-13/h8H,3-7H2,1-2H3,(H,14,16). The van der Waals surface area contributed by atoms with Crippen LogP contribution in [0.15, 0.2) is 6.07 Å². The van der Waals surface area contributed by atoms with Gasteiger partial charge in [0.1, 0.15) is 11.4 Å². The Morgan fingerprint density at radius 1 is 1.25 bits per heavy atom. The molecule has 1 N–H and O–H groups in total. The molecular weight excluding hydrogens is 200 g/mol. The first-order chi connectivity index (χ1) is 7.64. The summed E-state index contributed by atoms with van der Waals surface area (Å²) in [7, 11) is 0. The van der Waals surface area contributed by atoms with Crippen LogP contribution < -0.4 is 5.32 Å². The van der Waals surface area contributed by atoms with Crippen molar-refractivity contribution in [1.29, 1.82) is 0 Å². The van der Waals surface area contributed by atoms with E-state index in [0.29, 0.717) is 0 Å². The highest BCUT2D eigenvalue weighted by atomic mass is 16.2. The smallest absolute Gasteiger partial charge is 0.270 e. The number of amides is 1. The number of fused-ring (bicyclic) bond motifs is 2. The minimum atomic E-state index is -0.0942. The Hall–Kier alpha value is -1.25. The maximum atomic E-state index is 12.0. The maximum absolute atomic E-state index is 12.0. The van der Waals surface area contributed by atoms with E-state index >= 15 is 0 Å². The molecular formula is C13H18N2O. The summed E-state index contributed by atoms with van der Waals surface area (Å²) in [5.74, 6) is 0.118. The van der Waals surface area contributed by atoms with Crippen molar-refractivity contribution in [2.45, 2.75) is 51.6 Å². The van der Waals surface area contributed by atoms with Gasteiger partial charge in [-0.3, -0.25) is 4.79 Å². The number of carbonyl (C=O) groups excluding carboxylic acids is 1. The first kappa shape index (κ1) is 9.94. The lowest BCUT2D eigenvalue weighted by Crippen LogP contribution is -2.45. The molecule has 1 saturated carbocycles. The molecule has 1 fully saturated rings. The number of nitrogens with one attached hydrogen (secondary N) is 1. The SMILES string of the molecule is Cc1cc(C)n2c1C(=O)NC21CCCCC1. The monoisotopic (exact) mass is 218 g/mol. The molecule has 86 valence electrons. The Labute approximate surface area is 95.8 Å². The summed E-state index contributed by atoms with van der Waals surface area (Å²) >= 11 is 0. The first-order valence-corrected chi connectivity index (χ1v) is 6.16. The summed E-state index contributed by atoms with van der Waals surface area (Å²) in [6.07, 6.45) is 5.90. The Morgan fingerprint density at radius 2 is 1.94 bits per heavy atom. The van der Waals surface area contributed by atoms with Crippen molar-refractivity contribution in [3.63, 3.8) is 0 Å². The van der Waals surface area contributed by atoms with E-state index in [2.05, 4.69) is 22.9 Å². The average molecular weight is 218 g/mol. The molecule has 1 spiro atoms. The molecule has 1 aromatic rings. The van der Waals surface area contributed by atoms with Crippen molar-refractivity contribution in [2.75, 3.05) is 0 Å². The second kappa shape index (κ2) is 3.12. The summed E-state index contributed by atoms with van der Waals surface area (Å²) in [4.78, 5) is 12.0. The first-order valence-electron chi connectivity index (χ1n) is 6.16. The molecule has 1 aromatic heterocycles. The van der Waals surface area contributed by atoms with Gasteiger partial charge in [0.25, 0.3) is 5.91 Å². The number of hydrogen-bond acceptors (Lipinski definition) is 1. The molecule has 0 saturated heterocycles. The van der Waals surface area contributed by atoms with Gasteiger partial charge < -0.3 is 9.88 Å². The van der Waals surface area contributed by atoms with Gasteiger partial charge in [-0.15, -0.1) is 0 Å². The fraction of sp³-hybridized carbons (Fsp3) is 0.615. The second-order valence-electron chi connectivity index (χ2n) is 5.20. The van der Waals surface area contributed by atoms with Gasteiger partial charge in [0.2, 0.25) is 0 Å². The van der Waals surface area contributed by atoms with E-state index in [-0.39, 0.29) is 11.6 Å². The van der Waals surface area contributed by atoms with E-state index in [0.717, 1.165) is 24.1 Å². The number of rotatable bonds is 0. The van der Waals surface area contributed by atoms with E-state index in [1.54, 1.807) is 0 Å². The number of hydrogen-bond donors (Lipinski definition) is 1. The highest BCUT2D eigenvalue weighted by Gasteiger charge is 2.44. The molecule has 0 unspecified atom stereocenters. The average Bonchev–Trinajstić information content (AvgIpc) is 2.68. The molecule has 0 bridgehead atoms. The second-order valence-corrected chi connectivity index (χ2v) is 5.20. The predicted octanol–water partition coefficient (Wildman–Crippen LogP) is 2.47. The molecule has 2 aliphatic rings. The van der Waals surface area contributed by atoms with Gasteiger partial charge in [0.15, 0.2) is 0 Å². The topological polar surface area (TPSA) is 34.0 Å². The van der Waals surface area contributed by atoms with Crippen LogP contribution in [0.5, 0.6) is 0 Å². The van der Waals surface area contributed by atoms with Crippen LogP contribution >= 0.6 is 0 Å². The van der Waals surface area contributed by atoms with E-state index < -0.39 is 0 Å². The van der Waals surface area contributed by atoms with E-state index in [4.69, 9.17) is 0 Å². The molecule has 3 rings (SSSR count). The lowest BCUT2D eigenvalue weighted by atomic mass is 9.89. The van der Waals surface area contributed by atoms with Crippen molar-refractivity contribution < 1.29 is 4.79 Å². The van der Waals surface area contributed by atoms with Crippen LogP contribution in [-0.4, -0.2) is 10.5 Å². The van der Waals surface area contributed by atoms with Crippen molar-refractivity contribution >= 4 is 5.91 Å². The van der Waals surface area contributed by atoms with E-state index in [9.17, 15) is 4.79 Å². The molecule has 0 atom stereocenters. The summed E-state index contributed by atoms with van der Waals surface area (Å²) < 4.78 is 2.25. The summed E-state index contributed by atoms with van der Waals surface area (Å²) in [6.45, 7) is 4.13. The molecule has 1 aliphatic heterocycles. The summed E-state index contributed by atoms with van der Waals surface area (Å²) in [5, 5.41) is 3.22. The van der Waals surface area contributed by atoms with Crippen molar-refractivity contribution in [3.8, 4) is 0 Å². The third-order valence-corrected chi connectivity index (χ3v) is 4.05. The van der Waals surface area contributed by atoms with Crippen molar-refractivity contribution in [2.24, 2.45) is 0 Å². The minimum absolute atomic E-state index is 0.0942. The van der Waals surface area contributed by atoms with Crippen LogP contribution in [0.4, 0.5) is 0 Å². The lowest BCUT2D eigenvalue weighted by Gasteiger charge is -2.36. The van der Waals surface area contributed by atoms with Crippen LogP contribution in [0.3, 0.4) is 0 Å². The Bertz CT molecular complexity index is 453. The Balaban J connectivity index is 2.17. The number of aromatic nitrogens is 1. The normalized spacial score (nSPS) is 22.2. The summed E-state index contributed by atoms with van der Waals surface area (Å²) in [6, 6.07) is 2.13. The van der Waals surface area contributed by atoms with Crippen LogP contribution in [0.2, 0.25) is 0 Å². The number of carbonyl (C=O) groups is 1. The predicted molar refractivity (Wildman–Crippen MR) is 62.4 cm³/mol. The van der Waals surface area contributed by atoms with E-state index in [1.807, 2.05) is 6.92 Å². The molecule has 0 aromatic carbocycles. The molecule has 3 nitrogen and oxygen atoms in total. The van der Waals surface area contributed by atoms with Gasteiger partial charge in [-0.25, -0.2) is 0 Å². The van der Waals surface area contributed by atoms with Crippen LogP contribution in [0, 0.1) is 13.8 Å². The maximum Gasteiger partial charge on any atom is 0.270 e. The highest BCUT2D eigenvalue weighted by Crippen LogP contribution is 2.39. The van der Waals surface area contributed by atoms with Gasteiger partial charge in [-0.05, 0) is 51.2 Å². The largest absolute Gasteiger partial charge is 0.328 e. The molecule has 2 heterocycles. The van der Waals surface area contributed by atoms with Gasteiger partial charge in [0, 0.05) is 5.69 Å². The van der Waals surface area contributed by atoms with Crippen LogP contribution in [-0.2, 0) is 5.66 Å². The highest BCUT2D eigenvalue weighted by molar-refractivity contribution is 5.97. The lowest BCUT2D eigenvalue weighted by molar-refractivity contribution is 0.0876. The van der Waals surface area contributed by atoms with Gasteiger partial charge in [-0.2, -0.15) is 0 Å². The fourth-order valence-corrected chi connectivity index (χ4v) is 3.44. The molecule has 16 heavy (non-hydrogen) atoms. The number of aryl methyl sites for hydroxylation is 2. The third-order valence-electron chi connectivity index (χ3n) is 4.05. The molecule has 0 radical (unpaired) electrons. The number of nitrogens with zero attached hydrogens (tertiary/aromatic N) is 1. The minimum Gasteiger partial charge on any atom is -0.328 e. The van der Waals surface area contributed by atoms with Crippen LogP contribution in [0.1, 0.15) is 53.8 Å². The van der Waals surface area contributed by atoms with Crippen molar-refractivity contribution in [3.05, 3.63) is 23.0 Å². The Kier molecular flexibility index (Phi) is 1.94. The summed E-state index contributed by atoms with van der Waals surface area (Å²) in [5.41, 5.74) is 3.12. The van der Waals surface area contributed by atoms with Gasteiger partial charge in [-0.1, -0.05) is 6.42 Å². The van der Waals surface area contributed by atoms with Crippen molar-refractivity contribution in [1.82, 2.24) is 9.88 Å². The Morgan fingerprint density at radius 3 is 2.62 bits per heavy atom. The zero-order chi connectivity index (χ0) is 11.3. The zero-order valence-corrected chi connectivity index (χ0v) is 9.97. The molecule has 1 amide bonds. The molecule has 1 aliphatic carbocycles. The third kappa shape index (κ3) is 1.11. The fourth-order valence-electron chi connectivity index (χ4n) is 3.44. The van der Waals surface area contributed by atoms with Crippen LogP contribution in [0.25, 0.3) is 0 Å². The van der Waals surface area contributed by atoms with E-state index in [1.165, 1.54) is 25.0 Å². The molecule has 3 heteroatoms.